The molecular formula is C75H55NS. The van der Waals surface area contributed by atoms with Crippen LogP contribution in [0.25, 0.3) is 108 Å². The molecule has 3 aliphatic carbocycles. The van der Waals surface area contributed by atoms with Crippen LogP contribution in [0.15, 0.2) is 224 Å². The summed E-state index contributed by atoms with van der Waals surface area (Å²) >= 11 is 1.91. The second-order valence-electron chi connectivity index (χ2n) is 23.6. The van der Waals surface area contributed by atoms with Crippen LogP contribution in [-0.2, 0) is 16.2 Å². The SMILES string of the molecule is CC1(C)c2ccccc2-c2ccc(N(c3ccc4c(c3)C(C)(C)c3ccccc3-4)c3ccc4c(c3)C(C)(C)c3cc(-c5cc6c7ccccc7c(-c7cccc8c7sc7ccccc78)cc6c6ccccc56)ccc3-4)cc21. The lowest BCUT2D eigenvalue weighted by Crippen LogP contribution is -2.19. The van der Waals surface area contributed by atoms with Crippen LogP contribution in [0.2, 0.25) is 0 Å². The van der Waals surface area contributed by atoms with Crippen LogP contribution in [0.5, 0.6) is 0 Å². The van der Waals surface area contributed by atoms with Crippen LogP contribution in [0.3, 0.4) is 0 Å². The summed E-state index contributed by atoms with van der Waals surface area (Å²) in [4.78, 5) is 2.53. The van der Waals surface area contributed by atoms with Crippen molar-refractivity contribution < 1.29 is 0 Å². The summed E-state index contributed by atoms with van der Waals surface area (Å²) in [6.45, 7) is 14.4. The van der Waals surface area contributed by atoms with Gasteiger partial charge in [0.1, 0.15) is 0 Å². The van der Waals surface area contributed by atoms with Crippen LogP contribution in [-0.4, -0.2) is 0 Å². The molecule has 366 valence electrons. The molecular weight excluding hydrogens is 947 g/mol. The van der Waals surface area contributed by atoms with Crippen molar-refractivity contribution in [2.75, 3.05) is 4.90 Å². The topological polar surface area (TPSA) is 3.24 Å². The van der Waals surface area contributed by atoms with Crippen molar-refractivity contribution in [2.45, 2.75) is 57.8 Å². The highest BCUT2D eigenvalue weighted by molar-refractivity contribution is 7.26. The van der Waals surface area contributed by atoms with Gasteiger partial charge in [-0.25, -0.2) is 0 Å². The molecule has 0 saturated heterocycles. The van der Waals surface area contributed by atoms with Gasteiger partial charge in [0.05, 0.1) is 0 Å². The maximum atomic E-state index is 2.53. The molecule has 1 heterocycles. The van der Waals surface area contributed by atoms with Gasteiger partial charge in [0.2, 0.25) is 0 Å². The minimum Gasteiger partial charge on any atom is -0.310 e. The summed E-state index contributed by atoms with van der Waals surface area (Å²) in [6.07, 6.45) is 0. The lowest BCUT2D eigenvalue weighted by Gasteiger charge is -2.31. The van der Waals surface area contributed by atoms with E-state index in [2.05, 4.69) is 271 Å². The molecule has 1 nitrogen and oxygen atoms in total. The van der Waals surface area contributed by atoms with E-state index in [4.69, 9.17) is 0 Å². The monoisotopic (exact) mass is 1000 g/mol. The van der Waals surface area contributed by atoms with Crippen LogP contribution in [0.4, 0.5) is 17.1 Å². The quantitative estimate of drug-likeness (QED) is 0.155. The van der Waals surface area contributed by atoms with Gasteiger partial charge in [0, 0.05) is 59.0 Å². The molecule has 16 rings (SSSR count). The Kier molecular flexibility index (Phi) is 9.15. The molecule has 13 aromatic rings. The summed E-state index contributed by atoms with van der Waals surface area (Å²) < 4.78 is 2.67. The maximum absolute atomic E-state index is 2.53. The summed E-state index contributed by atoms with van der Waals surface area (Å²) in [5.41, 5.74) is 24.3. The Bertz CT molecular complexity index is 4620. The Hall–Kier alpha value is -8.56. The number of benzene rings is 12. The first-order chi connectivity index (χ1) is 37.4. The highest BCUT2D eigenvalue weighted by atomic mass is 32.1. The normalized spacial score (nSPS) is 14.9. The van der Waals surface area contributed by atoms with Gasteiger partial charge in [-0.15, -0.1) is 11.3 Å². The fourth-order valence-corrected chi connectivity index (χ4v) is 15.7. The third kappa shape index (κ3) is 6.16. The average Bonchev–Trinajstić information content (AvgIpc) is 4.15. The van der Waals surface area contributed by atoms with Crippen LogP contribution in [0, 0.1) is 0 Å². The predicted molar refractivity (Wildman–Crippen MR) is 330 cm³/mol. The van der Waals surface area contributed by atoms with Gasteiger partial charge >= 0.3 is 0 Å². The number of nitrogens with zero attached hydrogens (tertiary/aromatic N) is 1. The summed E-state index contributed by atoms with van der Waals surface area (Å²) in [5.74, 6) is 0. The second-order valence-corrected chi connectivity index (χ2v) is 24.6. The van der Waals surface area contributed by atoms with E-state index < -0.39 is 0 Å². The Labute approximate surface area is 454 Å². The van der Waals surface area contributed by atoms with Gasteiger partial charge in [0.25, 0.3) is 0 Å². The molecule has 0 amide bonds. The number of thiophene rings is 1. The minimum absolute atomic E-state index is 0.129. The van der Waals surface area contributed by atoms with Gasteiger partial charge < -0.3 is 4.90 Å². The first-order valence-corrected chi connectivity index (χ1v) is 28.1. The van der Waals surface area contributed by atoms with E-state index in [-0.39, 0.29) is 16.2 Å². The smallest absolute Gasteiger partial charge is 0.0465 e. The zero-order valence-corrected chi connectivity index (χ0v) is 45.0. The van der Waals surface area contributed by atoms with Gasteiger partial charge in [0.15, 0.2) is 0 Å². The van der Waals surface area contributed by atoms with E-state index >= 15 is 0 Å². The van der Waals surface area contributed by atoms with Crippen molar-refractivity contribution in [1.29, 1.82) is 0 Å². The summed E-state index contributed by atoms with van der Waals surface area (Å²) in [6, 6.07) is 85.7. The lowest BCUT2D eigenvalue weighted by molar-refractivity contribution is 0.659. The minimum atomic E-state index is -0.270. The van der Waals surface area contributed by atoms with E-state index in [1.807, 2.05) is 11.3 Å². The number of fused-ring (bicyclic) bond motifs is 17. The standard InChI is InChI=1S/C75H55NS/c1-73(2)65-27-14-11-22-52(65)55-35-31-45(39-68(55)73)76(46-32-36-56-53-23-12-15-28-66(53)74(3,4)69(56)40-46)47-33-37-57-54-34-30-44(38-67(54)75(5,6)70(57)41-47)61-42-63-51-21-10-9-20-50(51)62(43-64(63)49-19-8-7-18-48(49)61)60-26-17-25-59-58-24-13-16-29-71(58)77-72(59)60/h7-43H,1-6H3. The first-order valence-electron chi connectivity index (χ1n) is 27.3. The Morgan fingerprint density at radius 1 is 0.260 bits per heavy atom. The molecule has 0 unspecified atom stereocenters. The van der Waals surface area contributed by atoms with E-state index in [1.165, 1.54) is 159 Å². The number of rotatable bonds is 5. The van der Waals surface area contributed by atoms with Crippen LogP contribution in [0.1, 0.15) is 74.9 Å². The number of anilines is 3. The van der Waals surface area contributed by atoms with Crippen LogP contribution >= 0.6 is 11.3 Å². The van der Waals surface area contributed by atoms with E-state index in [1.54, 1.807) is 0 Å². The third-order valence-electron chi connectivity index (χ3n) is 18.5. The van der Waals surface area contributed by atoms with Crippen molar-refractivity contribution in [3.8, 4) is 55.6 Å². The fourth-order valence-electron chi connectivity index (χ4n) is 14.5. The molecule has 1 aromatic heterocycles. The average molecular weight is 1000 g/mol. The van der Waals surface area contributed by atoms with Gasteiger partial charge in [-0.3, -0.25) is 0 Å². The number of hydrogen-bond donors (Lipinski definition) is 0. The van der Waals surface area contributed by atoms with Crippen molar-refractivity contribution in [3.63, 3.8) is 0 Å². The first kappa shape index (κ1) is 44.7. The zero-order valence-electron chi connectivity index (χ0n) is 44.2. The zero-order chi connectivity index (χ0) is 51.7. The van der Waals surface area contributed by atoms with E-state index in [0.29, 0.717) is 0 Å². The van der Waals surface area contributed by atoms with Crippen molar-refractivity contribution in [2.24, 2.45) is 0 Å². The maximum Gasteiger partial charge on any atom is 0.0465 e. The molecule has 2 heteroatoms. The molecule has 0 atom stereocenters. The highest BCUT2D eigenvalue weighted by Gasteiger charge is 2.40. The van der Waals surface area contributed by atoms with E-state index in [0.717, 1.165) is 0 Å². The third-order valence-corrected chi connectivity index (χ3v) is 19.7. The summed E-state index contributed by atoms with van der Waals surface area (Å²) in [5, 5.41) is 10.3. The lowest BCUT2D eigenvalue weighted by atomic mass is 9.80. The molecule has 0 bridgehead atoms. The van der Waals surface area contributed by atoms with Gasteiger partial charge in [-0.2, -0.15) is 0 Å². The fraction of sp³-hybridized carbons (Fsp3) is 0.120. The molecule has 0 N–H and O–H groups in total. The molecule has 0 fully saturated rings. The molecule has 77 heavy (non-hydrogen) atoms. The van der Waals surface area contributed by atoms with Gasteiger partial charge in [-0.05, 0) is 176 Å². The Morgan fingerprint density at radius 2 is 0.649 bits per heavy atom. The molecule has 0 aliphatic heterocycles. The molecule has 0 saturated carbocycles. The largest absolute Gasteiger partial charge is 0.310 e. The van der Waals surface area contributed by atoms with Crippen molar-refractivity contribution >= 4 is 80.9 Å². The predicted octanol–water partition coefficient (Wildman–Crippen LogP) is 21.2. The van der Waals surface area contributed by atoms with E-state index in [9.17, 15) is 0 Å². The van der Waals surface area contributed by atoms with Gasteiger partial charge in [-0.1, -0.05) is 205 Å². The Balaban J connectivity index is 0.837. The Morgan fingerprint density at radius 3 is 1.21 bits per heavy atom. The van der Waals surface area contributed by atoms with Crippen LogP contribution < -0.4 is 4.90 Å². The summed E-state index contributed by atoms with van der Waals surface area (Å²) in [7, 11) is 0. The molecule has 3 aliphatic rings. The molecule has 12 aromatic carbocycles. The second kappa shape index (κ2) is 15.8. The van der Waals surface area contributed by atoms with Crippen molar-refractivity contribution in [1.82, 2.24) is 0 Å². The number of hydrogen-bond acceptors (Lipinski definition) is 2. The molecule has 0 spiro atoms. The highest BCUT2D eigenvalue weighted by Crippen LogP contribution is 2.56. The molecule has 0 radical (unpaired) electrons. The van der Waals surface area contributed by atoms with Crippen molar-refractivity contribution in [3.05, 3.63) is 258 Å².